The molecule has 1 aromatic carbocycles. The molecule has 0 saturated carbocycles. The van der Waals surface area contributed by atoms with E-state index in [4.69, 9.17) is 16.3 Å². The highest BCUT2D eigenvalue weighted by molar-refractivity contribution is 6.30. The van der Waals surface area contributed by atoms with Crippen LogP contribution >= 0.6 is 11.6 Å². The fourth-order valence-electron chi connectivity index (χ4n) is 2.53. The number of nitrogens with zero attached hydrogens (tertiary/aromatic N) is 1. The van der Waals surface area contributed by atoms with Crippen LogP contribution in [0.3, 0.4) is 0 Å². The Morgan fingerprint density at radius 1 is 1.36 bits per heavy atom. The number of carbonyl (C=O) groups excluding carboxylic acids is 1. The number of halogens is 1. The molecule has 0 bridgehead atoms. The summed E-state index contributed by atoms with van der Waals surface area (Å²) in [6, 6.07) is 7.78. The zero-order valence-electron chi connectivity index (χ0n) is 13.6. The van der Waals surface area contributed by atoms with Gasteiger partial charge in [-0.05, 0) is 38.5 Å². The number of hydrogen-bond donors (Lipinski definition) is 1. The molecule has 1 amide bonds. The molecule has 0 aromatic heterocycles. The second-order valence-electron chi connectivity index (χ2n) is 6.76. The van der Waals surface area contributed by atoms with Crippen molar-refractivity contribution in [1.29, 1.82) is 0 Å². The molecule has 5 heteroatoms. The Hall–Kier alpha value is -1.10. The third kappa shape index (κ3) is 5.59. The summed E-state index contributed by atoms with van der Waals surface area (Å²) in [6.07, 6.45) is 0.571. The van der Waals surface area contributed by atoms with Crippen LogP contribution in [-0.4, -0.2) is 42.6 Å². The predicted molar refractivity (Wildman–Crippen MR) is 89.1 cm³/mol. The zero-order chi connectivity index (χ0) is 16.2. The van der Waals surface area contributed by atoms with E-state index in [0.29, 0.717) is 13.0 Å². The van der Waals surface area contributed by atoms with Crippen LogP contribution in [0.25, 0.3) is 0 Å². The highest BCUT2D eigenvalue weighted by atomic mass is 35.5. The van der Waals surface area contributed by atoms with Crippen LogP contribution in [0.1, 0.15) is 38.9 Å². The van der Waals surface area contributed by atoms with Crippen molar-refractivity contribution in [2.75, 3.05) is 26.2 Å². The first-order chi connectivity index (χ1) is 10.3. The maximum Gasteiger partial charge on any atom is 0.221 e. The van der Waals surface area contributed by atoms with E-state index in [1.165, 1.54) is 0 Å². The SMILES string of the molecule is CC(C)(C)NC(=O)CCN1CCO[C@H](c2ccc(Cl)cc2)C1. The van der Waals surface area contributed by atoms with Crippen molar-refractivity contribution >= 4 is 17.5 Å². The topological polar surface area (TPSA) is 41.6 Å². The average Bonchev–Trinajstić information content (AvgIpc) is 2.44. The van der Waals surface area contributed by atoms with Gasteiger partial charge in [-0.1, -0.05) is 23.7 Å². The van der Waals surface area contributed by atoms with Gasteiger partial charge in [0, 0.05) is 36.6 Å². The van der Waals surface area contributed by atoms with E-state index in [9.17, 15) is 4.79 Å². The van der Waals surface area contributed by atoms with Gasteiger partial charge in [-0.25, -0.2) is 0 Å². The van der Waals surface area contributed by atoms with Gasteiger partial charge in [0.05, 0.1) is 12.7 Å². The van der Waals surface area contributed by atoms with Gasteiger partial charge in [0.1, 0.15) is 0 Å². The molecule has 1 fully saturated rings. The number of morpholine rings is 1. The van der Waals surface area contributed by atoms with Crippen molar-refractivity contribution in [3.05, 3.63) is 34.9 Å². The molecule has 4 nitrogen and oxygen atoms in total. The molecule has 1 N–H and O–H groups in total. The van der Waals surface area contributed by atoms with Crippen molar-refractivity contribution in [2.45, 2.75) is 38.8 Å². The largest absolute Gasteiger partial charge is 0.371 e. The number of rotatable bonds is 4. The Morgan fingerprint density at radius 3 is 2.68 bits per heavy atom. The molecule has 1 heterocycles. The van der Waals surface area contributed by atoms with Crippen molar-refractivity contribution in [2.24, 2.45) is 0 Å². The number of nitrogens with one attached hydrogen (secondary N) is 1. The van der Waals surface area contributed by atoms with Crippen LogP contribution in [-0.2, 0) is 9.53 Å². The predicted octanol–water partition coefficient (Wildman–Crippen LogP) is 3.02. The van der Waals surface area contributed by atoms with E-state index in [1.807, 2.05) is 45.0 Å². The third-order valence-electron chi connectivity index (χ3n) is 3.56. The van der Waals surface area contributed by atoms with Crippen LogP contribution in [0.2, 0.25) is 5.02 Å². The molecule has 0 spiro atoms. The van der Waals surface area contributed by atoms with Gasteiger partial charge in [0.2, 0.25) is 5.91 Å². The molecule has 0 unspecified atom stereocenters. The molecular weight excluding hydrogens is 300 g/mol. The molecule has 1 atom stereocenters. The standard InChI is InChI=1S/C17H25ClN2O2/c1-17(2,3)19-16(21)8-9-20-10-11-22-15(12-20)13-4-6-14(18)7-5-13/h4-7,15H,8-12H2,1-3H3,(H,19,21)/t15-/m0/s1. The van der Waals surface area contributed by atoms with Crippen molar-refractivity contribution in [3.8, 4) is 0 Å². The lowest BCUT2D eigenvalue weighted by Crippen LogP contribution is -2.44. The summed E-state index contributed by atoms with van der Waals surface area (Å²) in [4.78, 5) is 14.2. The van der Waals surface area contributed by atoms with Crippen molar-refractivity contribution in [3.63, 3.8) is 0 Å². The molecular formula is C17H25ClN2O2. The van der Waals surface area contributed by atoms with Gasteiger partial charge in [-0.15, -0.1) is 0 Å². The molecule has 1 aliphatic rings. The lowest BCUT2D eigenvalue weighted by molar-refractivity contribution is -0.123. The van der Waals surface area contributed by atoms with Gasteiger partial charge >= 0.3 is 0 Å². The first-order valence-electron chi connectivity index (χ1n) is 7.74. The summed E-state index contributed by atoms with van der Waals surface area (Å²) in [7, 11) is 0. The highest BCUT2D eigenvalue weighted by Crippen LogP contribution is 2.23. The van der Waals surface area contributed by atoms with E-state index in [0.717, 1.165) is 30.2 Å². The third-order valence-corrected chi connectivity index (χ3v) is 3.81. The van der Waals surface area contributed by atoms with Crippen LogP contribution in [0, 0.1) is 0 Å². The fraction of sp³-hybridized carbons (Fsp3) is 0.588. The maximum absolute atomic E-state index is 11.9. The molecule has 0 aliphatic carbocycles. The molecule has 0 radical (unpaired) electrons. The van der Waals surface area contributed by atoms with Crippen LogP contribution < -0.4 is 5.32 Å². The highest BCUT2D eigenvalue weighted by Gasteiger charge is 2.22. The van der Waals surface area contributed by atoms with E-state index < -0.39 is 0 Å². The Bertz CT molecular complexity index is 496. The van der Waals surface area contributed by atoms with E-state index in [2.05, 4.69) is 10.2 Å². The minimum Gasteiger partial charge on any atom is -0.371 e. The minimum absolute atomic E-state index is 0.0525. The molecule has 22 heavy (non-hydrogen) atoms. The lowest BCUT2D eigenvalue weighted by Gasteiger charge is -2.33. The normalized spacial score (nSPS) is 19.9. The minimum atomic E-state index is -0.173. The maximum atomic E-state index is 11.9. The monoisotopic (exact) mass is 324 g/mol. The molecule has 2 rings (SSSR count). The molecule has 1 saturated heterocycles. The molecule has 122 valence electrons. The van der Waals surface area contributed by atoms with Gasteiger partial charge in [0.25, 0.3) is 0 Å². The van der Waals surface area contributed by atoms with Crippen molar-refractivity contribution < 1.29 is 9.53 Å². The lowest BCUT2D eigenvalue weighted by atomic mass is 10.1. The molecule has 1 aliphatic heterocycles. The number of benzene rings is 1. The van der Waals surface area contributed by atoms with E-state index >= 15 is 0 Å². The van der Waals surface area contributed by atoms with Gasteiger partial charge in [0.15, 0.2) is 0 Å². The van der Waals surface area contributed by atoms with Gasteiger partial charge in [-0.2, -0.15) is 0 Å². The summed E-state index contributed by atoms with van der Waals surface area (Å²) < 4.78 is 5.84. The summed E-state index contributed by atoms with van der Waals surface area (Å²) in [6.45, 7) is 9.11. The van der Waals surface area contributed by atoms with E-state index in [1.54, 1.807) is 0 Å². The second kappa shape index (κ2) is 7.44. The average molecular weight is 325 g/mol. The number of ether oxygens (including phenoxy) is 1. The summed E-state index contributed by atoms with van der Waals surface area (Å²) in [5.74, 6) is 0.0991. The Morgan fingerprint density at radius 2 is 2.05 bits per heavy atom. The smallest absolute Gasteiger partial charge is 0.221 e. The van der Waals surface area contributed by atoms with E-state index in [-0.39, 0.29) is 17.6 Å². The fourth-order valence-corrected chi connectivity index (χ4v) is 2.65. The first kappa shape index (κ1) is 17.3. The van der Waals surface area contributed by atoms with Gasteiger partial charge in [-0.3, -0.25) is 9.69 Å². The van der Waals surface area contributed by atoms with Crippen LogP contribution in [0.15, 0.2) is 24.3 Å². The summed E-state index contributed by atoms with van der Waals surface area (Å²) in [5.41, 5.74) is 0.960. The number of amides is 1. The second-order valence-corrected chi connectivity index (χ2v) is 7.20. The van der Waals surface area contributed by atoms with Gasteiger partial charge < -0.3 is 10.1 Å². The Kier molecular flexibility index (Phi) is 5.84. The first-order valence-corrected chi connectivity index (χ1v) is 8.12. The molecule has 1 aromatic rings. The van der Waals surface area contributed by atoms with Crippen LogP contribution in [0.4, 0.5) is 0 Å². The number of hydrogen-bond acceptors (Lipinski definition) is 3. The number of carbonyl (C=O) groups is 1. The summed E-state index contributed by atoms with van der Waals surface area (Å²) in [5, 5.41) is 3.73. The summed E-state index contributed by atoms with van der Waals surface area (Å²) >= 11 is 5.92. The zero-order valence-corrected chi connectivity index (χ0v) is 14.3. The Balaban J connectivity index is 1.83. The van der Waals surface area contributed by atoms with Crippen molar-refractivity contribution in [1.82, 2.24) is 10.2 Å². The van der Waals surface area contributed by atoms with Crippen LogP contribution in [0.5, 0.6) is 0 Å². The quantitative estimate of drug-likeness (QED) is 0.925. The Labute approximate surface area is 137 Å².